The zero-order valence-electron chi connectivity index (χ0n) is 20.1. The molecular weight excluding hydrogens is 458 g/mol. The molecule has 3 fully saturated rings. The molecule has 0 spiro atoms. The largest absolute Gasteiger partial charge is 0.469 e. The second-order valence-electron chi connectivity index (χ2n) is 10.3. The number of H-pyrrole nitrogens is 1. The van der Waals surface area contributed by atoms with Crippen LogP contribution in [0.25, 0.3) is 11.2 Å². The lowest BCUT2D eigenvalue weighted by Gasteiger charge is -2.52. The second kappa shape index (κ2) is 8.90. The number of imidazole rings is 1. The summed E-state index contributed by atoms with van der Waals surface area (Å²) in [6, 6.07) is 10.2. The van der Waals surface area contributed by atoms with Crippen molar-refractivity contribution in [3.05, 3.63) is 69.5 Å². The summed E-state index contributed by atoms with van der Waals surface area (Å²) in [6.07, 6.45) is 9.83. The van der Waals surface area contributed by atoms with E-state index >= 15 is 0 Å². The summed E-state index contributed by atoms with van der Waals surface area (Å²) in [5.74, 6) is 1.74. The minimum atomic E-state index is -0.00394. The third kappa shape index (κ3) is 4.07. The minimum Gasteiger partial charge on any atom is -0.469 e. The van der Waals surface area contributed by atoms with Gasteiger partial charge in [-0.15, -0.1) is 0 Å². The first kappa shape index (κ1) is 22.5. The van der Waals surface area contributed by atoms with Crippen LogP contribution in [0.15, 0.2) is 46.7 Å². The van der Waals surface area contributed by atoms with Crippen LogP contribution in [-0.4, -0.2) is 31.1 Å². The van der Waals surface area contributed by atoms with Gasteiger partial charge < -0.3 is 9.72 Å². The fourth-order valence-electron chi connectivity index (χ4n) is 5.98. The first-order chi connectivity index (χ1) is 17.1. The van der Waals surface area contributed by atoms with Gasteiger partial charge in [-0.1, -0.05) is 48.6 Å². The maximum Gasteiger partial charge on any atom is 0.279 e. The molecule has 0 saturated heterocycles. The topological polar surface area (TPSA) is 85.7 Å². The molecule has 0 amide bonds. The number of thiazole rings is 1. The molecule has 8 heteroatoms. The van der Waals surface area contributed by atoms with Crippen LogP contribution < -0.4 is 10.3 Å². The molecule has 7 rings (SSSR count). The van der Waals surface area contributed by atoms with Crippen LogP contribution >= 0.6 is 11.3 Å². The summed E-state index contributed by atoms with van der Waals surface area (Å²) in [4.78, 5) is 31.1. The van der Waals surface area contributed by atoms with Crippen LogP contribution in [0.3, 0.4) is 0 Å². The van der Waals surface area contributed by atoms with E-state index in [2.05, 4.69) is 29.0 Å². The SMILES string of the molecule is CCCn1c(Cc2ccccc2)nc2nc(C34CCC(COc5nccs5)(CC3)CC4)[nH]c2c1=O. The fraction of sp³-hybridized carbons (Fsp3) is 0.481. The number of hydrogen-bond donors (Lipinski definition) is 1. The van der Waals surface area contributed by atoms with E-state index in [9.17, 15) is 4.79 Å². The van der Waals surface area contributed by atoms with Crippen molar-refractivity contribution in [3.63, 3.8) is 0 Å². The van der Waals surface area contributed by atoms with Crippen molar-refractivity contribution in [1.82, 2.24) is 24.5 Å². The van der Waals surface area contributed by atoms with Gasteiger partial charge in [0.15, 0.2) is 11.2 Å². The van der Waals surface area contributed by atoms with E-state index in [1.165, 1.54) is 0 Å². The highest BCUT2D eigenvalue weighted by Gasteiger charge is 2.51. The van der Waals surface area contributed by atoms with Gasteiger partial charge in [0.25, 0.3) is 10.8 Å². The third-order valence-electron chi connectivity index (χ3n) is 8.16. The number of aromatic nitrogens is 5. The van der Waals surface area contributed by atoms with Crippen LogP contribution in [0.1, 0.15) is 69.1 Å². The molecule has 3 aliphatic carbocycles. The molecule has 3 aliphatic rings. The number of fused-ring (bicyclic) bond motifs is 4. The van der Waals surface area contributed by atoms with Crippen molar-refractivity contribution in [2.24, 2.45) is 5.41 Å². The van der Waals surface area contributed by atoms with E-state index in [1.807, 2.05) is 28.1 Å². The van der Waals surface area contributed by atoms with E-state index in [0.29, 0.717) is 24.1 Å². The Kier molecular flexibility index (Phi) is 5.71. The van der Waals surface area contributed by atoms with Gasteiger partial charge in [0.05, 0.1) is 6.61 Å². The smallest absolute Gasteiger partial charge is 0.279 e. The average molecular weight is 490 g/mol. The first-order valence-electron chi connectivity index (χ1n) is 12.7. The third-order valence-corrected chi connectivity index (χ3v) is 8.84. The number of nitrogens with zero attached hydrogens (tertiary/aromatic N) is 4. The van der Waals surface area contributed by atoms with Crippen LogP contribution in [0.5, 0.6) is 5.19 Å². The zero-order chi connectivity index (χ0) is 23.9. The quantitative estimate of drug-likeness (QED) is 0.365. The Bertz CT molecular complexity index is 1350. The molecule has 0 aliphatic heterocycles. The number of rotatable bonds is 8. The maximum atomic E-state index is 13.5. The molecular formula is C27H31N5O2S. The molecule has 1 aromatic carbocycles. The lowest BCUT2D eigenvalue weighted by Crippen LogP contribution is -2.47. The number of aromatic amines is 1. The summed E-state index contributed by atoms with van der Waals surface area (Å²) >= 11 is 1.55. The van der Waals surface area contributed by atoms with Crippen molar-refractivity contribution in [1.29, 1.82) is 0 Å². The van der Waals surface area contributed by atoms with Crippen molar-refractivity contribution in [2.75, 3.05) is 6.61 Å². The van der Waals surface area contributed by atoms with Gasteiger partial charge in [0.1, 0.15) is 11.6 Å². The van der Waals surface area contributed by atoms with Crippen molar-refractivity contribution in [3.8, 4) is 5.19 Å². The lowest BCUT2D eigenvalue weighted by molar-refractivity contribution is -0.00145. The zero-order valence-corrected chi connectivity index (χ0v) is 20.9. The Morgan fingerprint density at radius 3 is 2.54 bits per heavy atom. The standard InChI is InChI=1S/C27H31N5O2S/c1-2-15-32-20(17-19-6-4-3-5-7-19)29-22-21(23(32)33)30-24(31-22)27-11-8-26(9-12-27,10-13-27)18-34-25-28-14-16-35-25/h3-7,14,16H,2,8-13,15,17-18H2,1H3,(H,30,31). The summed E-state index contributed by atoms with van der Waals surface area (Å²) in [5, 5.41) is 2.72. The number of nitrogens with one attached hydrogen (secondary N) is 1. The lowest BCUT2D eigenvalue weighted by atomic mass is 9.53. The molecule has 3 heterocycles. The molecule has 0 unspecified atom stereocenters. The molecule has 3 aromatic heterocycles. The van der Waals surface area contributed by atoms with Crippen LogP contribution in [0.2, 0.25) is 0 Å². The monoisotopic (exact) mass is 489 g/mol. The highest BCUT2D eigenvalue weighted by molar-refractivity contribution is 7.11. The highest BCUT2D eigenvalue weighted by Crippen LogP contribution is 2.57. The van der Waals surface area contributed by atoms with E-state index in [0.717, 1.165) is 74.0 Å². The molecule has 2 bridgehead atoms. The summed E-state index contributed by atoms with van der Waals surface area (Å²) < 4.78 is 7.87. The van der Waals surface area contributed by atoms with Gasteiger partial charge in [-0.3, -0.25) is 9.36 Å². The van der Waals surface area contributed by atoms with Crippen LogP contribution in [0.4, 0.5) is 0 Å². The Morgan fingerprint density at radius 1 is 1.09 bits per heavy atom. The summed E-state index contributed by atoms with van der Waals surface area (Å²) in [6.45, 7) is 3.49. The molecule has 182 valence electrons. The molecule has 3 saturated carbocycles. The predicted molar refractivity (Wildman–Crippen MR) is 137 cm³/mol. The number of hydrogen-bond acceptors (Lipinski definition) is 6. The van der Waals surface area contributed by atoms with Gasteiger partial charge in [-0.2, -0.15) is 0 Å². The number of benzene rings is 1. The van der Waals surface area contributed by atoms with Crippen molar-refractivity contribution >= 4 is 22.5 Å². The molecule has 7 nitrogen and oxygen atoms in total. The van der Waals surface area contributed by atoms with Gasteiger partial charge >= 0.3 is 0 Å². The number of ether oxygens (including phenoxy) is 1. The minimum absolute atomic E-state index is 0.00394. The van der Waals surface area contributed by atoms with E-state index in [-0.39, 0.29) is 16.4 Å². The highest BCUT2D eigenvalue weighted by atomic mass is 32.1. The maximum absolute atomic E-state index is 13.5. The summed E-state index contributed by atoms with van der Waals surface area (Å²) in [7, 11) is 0. The van der Waals surface area contributed by atoms with E-state index in [4.69, 9.17) is 14.7 Å². The van der Waals surface area contributed by atoms with E-state index in [1.54, 1.807) is 17.5 Å². The van der Waals surface area contributed by atoms with Gasteiger partial charge in [-0.05, 0) is 50.5 Å². The van der Waals surface area contributed by atoms with Crippen molar-refractivity contribution in [2.45, 2.75) is 70.3 Å². The summed E-state index contributed by atoms with van der Waals surface area (Å²) in [5.41, 5.74) is 2.49. The molecule has 1 N–H and O–H groups in total. The fourth-order valence-corrected chi connectivity index (χ4v) is 6.47. The first-order valence-corrected chi connectivity index (χ1v) is 13.5. The van der Waals surface area contributed by atoms with Crippen LogP contribution in [0, 0.1) is 5.41 Å². The normalized spacial score (nSPS) is 23.7. The van der Waals surface area contributed by atoms with Gasteiger partial charge in [0.2, 0.25) is 0 Å². The van der Waals surface area contributed by atoms with Crippen LogP contribution in [-0.2, 0) is 18.4 Å². The predicted octanol–water partition coefficient (Wildman–Crippen LogP) is 5.25. The molecule has 4 aromatic rings. The Labute approximate surface area is 208 Å². The second-order valence-corrected chi connectivity index (χ2v) is 11.2. The Hall–Kier alpha value is -3.00. The molecule has 0 atom stereocenters. The van der Waals surface area contributed by atoms with E-state index < -0.39 is 0 Å². The average Bonchev–Trinajstić information content (AvgIpc) is 3.58. The van der Waals surface area contributed by atoms with Gasteiger partial charge in [-0.25, -0.2) is 15.0 Å². The molecule has 0 radical (unpaired) electrons. The van der Waals surface area contributed by atoms with Crippen molar-refractivity contribution < 1.29 is 4.74 Å². The molecule has 35 heavy (non-hydrogen) atoms. The van der Waals surface area contributed by atoms with Gasteiger partial charge in [0, 0.05) is 35.4 Å². The Morgan fingerprint density at radius 2 is 1.86 bits per heavy atom. The Balaban J connectivity index is 1.28.